The fraction of sp³-hybridized carbons (Fsp3) is 0.500. The summed E-state index contributed by atoms with van der Waals surface area (Å²) in [6, 6.07) is 0. The van der Waals surface area contributed by atoms with Gasteiger partial charge in [0.1, 0.15) is 0 Å². The van der Waals surface area contributed by atoms with Gasteiger partial charge in [0.15, 0.2) is 11.1 Å². The van der Waals surface area contributed by atoms with Crippen molar-refractivity contribution < 1.29 is 4.79 Å². The normalized spacial score (nSPS) is 9.53. The number of likely N-dealkylation sites (N-methyl/N-ethyl adjacent to an activating group) is 1. The number of nitrogens with one attached hydrogen (secondary N) is 1. The molecule has 0 bridgehead atoms. The first-order valence-electron chi connectivity index (χ1n) is 5.10. The molecule has 0 saturated heterocycles. The van der Waals surface area contributed by atoms with Crippen LogP contribution in [0.4, 0.5) is 0 Å². The minimum atomic E-state index is -0.177. The molecule has 0 aromatic rings. The number of nitrogens with two attached hydrogens (primary N) is 2. The fourth-order valence-electron chi connectivity index (χ4n) is 1.07. The first-order chi connectivity index (χ1) is 7.86. The summed E-state index contributed by atoms with van der Waals surface area (Å²) >= 11 is 0.999. The van der Waals surface area contributed by atoms with Gasteiger partial charge in [-0.3, -0.25) is 10.2 Å². The Hall–Kier alpha value is -1.50. The number of guanidine groups is 1. The summed E-state index contributed by atoms with van der Waals surface area (Å²) in [5.41, 5.74) is 11.2. The van der Waals surface area contributed by atoms with E-state index in [-0.39, 0.29) is 22.8 Å². The van der Waals surface area contributed by atoms with Crippen LogP contribution in [0.1, 0.15) is 13.8 Å². The van der Waals surface area contributed by atoms with E-state index in [0.717, 1.165) is 17.3 Å². The van der Waals surface area contributed by atoms with Crippen LogP contribution in [-0.4, -0.2) is 40.8 Å². The second kappa shape index (κ2) is 7.72. The highest BCUT2D eigenvalue weighted by Gasteiger charge is 2.12. The van der Waals surface area contributed by atoms with Gasteiger partial charge < -0.3 is 16.4 Å². The van der Waals surface area contributed by atoms with Crippen LogP contribution in [0, 0.1) is 5.41 Å². The smallest absolute Gasteiger partial charge is 0.233 e. The predicted molar refractivity (Wildman–Crippen MR) is 73.1 cm³/mol. The molecule has 96 valence electrons. The largest absolute Gasteiger partial charge is 0.370 e. The van der Waals surface area contributed by atoms with Crippen molar-refractivity contribution in [2.75, 3.05) is 18.8 Å². The third kappa shape index (κ3) is 7.40. The number of rotatable bonds is 5. The average molecular weight is 257 g/mol. The van der Waals surface area contributed by atoms with Gasteiger partial charge in [-0.05, 0) is 13.8 Å². The van der Waals surface area contributed by atoms with Crippen LogP contribution >= 0.6 is 11.8 Å². The SMILES string of the molecule is C=C(C)CN(CC)C(=O)CSC(=N)N=C(N)N. The Kier molecular flexibility index (Phi) is 7.04. The van der Waals surface area contributed by atoms with Crippen LogP contribution in [0.2, 0.25) is 0 Å². The van der Waals surface area contributed by atoms with Crippen molar-refractivity contribution in [1.82, 2.24) is 4.90 Å². The van der Waals surface area contributed by atoms with Crippen LogP contribution in [-0.2, 0) is 4.79 Å². The second-order valence-electron chi connectivity index (χ2n) is 3.50. The van der Waals surface area contributed by atoms with E-state index in [1.165, 1.54) is 0 Å². The zero-order valence-electron chi connectivity index (χ0n) is 10.2. The fourth-order valence-corrected chi connectivity index (χ4v) is 1.69. The standard InChI is InChI=1S/C10H19N5OS/c1-4-15(5-7(2)3)8(16)6-17-10(13)14-9(11)12/h2,4-6H2,1,3H3,(H5,11,12,13,14). The first-order valence-corrected chi connectivity index (χ1v) is 6.08. The summed E-state index contributed by atoms with van der Waals surface area (Å²) < 4.78 is 0. The second-order valence-corrected chi connectivity index (χ2v) is 4.46. The van der Waals surface area contributed by atoms with E-state index in [1.807, 2.05) is 13.8 Å². The Bertz CT molecular complexity index is 336. The van der Waals surface area contributed by atoms with Gasteiger partial charge in [0, 0.05) is 13.1 Å². The highest BCUT2D eigenvalue weighted by atomic mass is 32.2. The van der Waals surface area contributed by atoms with Crippen LogP contribution in [0.5, 0.6) is 0 Å². The van der Waals surface area contributed by atoms with Gasteiger partial charge >= 0.3 is 0 Å². The zero-order valence-corrected chi connectivity index (χ0v) is 11.0. The molecule has 0 aliphatic heterocycles. The molecule has 0 aliphatic carbocycles. The number of hydrogen-bond donors (Lipinski definition) is 3. The molecule has 0 radical (unpaired) electrons. The Labute approximate surface area is 106 Å². The molecular weight excluding hydrogens is 238 g/mol. The van der Waals surface area contributed by atoms with Gasteiger partial charge in [0.2, 0.25) is 5.91 Å². The summed E-state index contributed by atoms with van der Waals surface area (Å²) in [6.07, 6.45) is 0. The predicted octanol–water partition coefficient (Wildman–Crippen LogP) is 0.352. The van der Waals surface area contributed by atoms with E-state index < -0.39 is 0 Å². The summed E-state index contributed by atoms with van der Waals surface area (Å²) in [6.45, 7) is 8.67. The van der Waals surface area contributed by atoms with Crippen LogP contribution < -0.4 is 11.5 Å². The average Bonchev–Trinajstić information content (AvgIpc) is 2.21. The molecule has 7 heteroatoms. The number of nitrogens with zero attached hydrogens (tertiary/aromatic N) is 2. The third-order valence-electron chi connectivity index (χ3n) is 1.76. The molecule has 0 heterocycles. The lowest BCUT2D eigenvalue weighted by Gasteiger charge is -2.20. The quantitative estimate of drug-likeness (QED) is 0.375. The van der Waals surface area contributed by atoms with Crippen LogP contribution in [0.25, 0.3) is 0 Å². The molecule has 0 unspecified atom stereocenters. The van der Waals surface area contributed by atoms with Crippen molar-refractivity contribution >= 4 is 28.8 Å². The first kappa shape index (κ1) is 15.5. The van der Waals surface area contributed by atoms with Crippen LogP contribution in [0.15, 0.2) is 17.1 Å². The van der Waals surface area contributed by atoms with Crippen molar-refractivity contribution in [1.29, 1.82) is 5.41 Å². The zero-order chi connectivity index (χ0) is 13.4. The number of amidine groups is 1. The molecule has 6 nitrogen and oxygen atoms in total. The molecule has 0 spiro atoms. The highest BCUT2D eigenvalue weighted by Crippen LogP contribution is 2.06. The highest BCUT2D eigenvalue weighted by molar-refractivity contribution is 8.14. The van der Waals surface area contributed by atoms with E-state index in [9.17, 15) is 4.79 Å². The van der Waals surface area contributed by atoms with Crippen molar-refractivity contribution in [3.63, 3.8) is 0 Å². The van der Waals surface area contributed by atoms with Gasteiger partial charge in [-0.25, -0.2) is 0 Å². The summed E-state index contributed by atoms with van der Waals surface area (Å²) in [5.74, 6) is -0.0863. The van der Waals surface area contributed by atoms with E-state index >= 15 is 0 Å². The van der Waals surface area contributed by atoms with Crippen molar-refractivity contribution in [3.05, 3.63) is 12.2 Å². The minimum Gasteiger partial charge on any atom is -0.370 e. The topological polar surface area (TPSA) is 109 Å². The maximum absolute atomic E-state index is 11.8. The van der Waals surface area contributed by atoms with Gasteiger partial charge in [0.25, 0.3) is 0 Å². The van der Waals surface area contributed by atoms with Crippen molar-refractivity contribution in [2.24, 2.45) is 16.5 Å². The molecule has 0 aromatic heterocycles. The van der Waals surface area contributed by atoms with Gasteiger partial charge in [-0.2, -0.15) is 4.99 Å². The number of thioether (sulfide) groups is 1. The Morgan fingerprint density at radius 2 is 2.12 bits per heavy atom. The van der Waals surface area contributed by atoms with Crippen molar-refractivity contribution in [2.45, 2.75) is 13.8 Å². The van der Waals surface area contributed by atoms with Crippen LogP contribution in [0.3, 0.4) is 0 Å². The van der Waals surface area contributed by atoms with E-state index in [2.05, 4.69) is 11.6 Å². The molecule has 0 aromatic carbocycles. The molecule has 5 N–H and O–H groups in total. The number of amides is 1. The molecule has 0 fully saturated rings. The number of hydrogen-bond acceptors (Lipinski definition) is 3. The Morgan fingerprint density at radius 1 is 1.53 bits per heavy atom. The summed E-state index contributed by atoms with van der Waals surface area (Å²) in [7, 11) is 0. The van der Waals surface area contributed by atoms with E-state index in [0.29, 0.717) is 13.1 Å². The lowest BCUT2D eigenvalue weighted by atomic mass is 10.3. The lowest BCUT2D eigenvalue weighted by Crippen LogP contribution is -2.33. The Balaban J connectivity index is 4.20. The van der Waals surface area contributed by atoms with Gasteiger partial charge in [-0.1, -0.05) is 23.9 Å². The molecule has 0 atom stereocenters. The number of carbonyl (C=O) groups excluding carboxylic acids is 1. The number of aliphatic imine (C=N–C) groups is 1. The van der Waals surface area contributed by atoms with E-state index in [4.69, 9.17) is 16.9 Å². The molecule has 0 saturated carbocycles. The summed E-state index contributed by atoms with van der Waals surface area (Å²) in [5, 5.41) is 7.31. The lowest BCUT2D eigenvalue weighted by molar-refractivity contribution is -0.127. The summed E-state index contributed by atoms with van der Waals surface area (Å²) in [4.78, 5) is 16.9. The molecule has 1 amide bonds. The van der Waals surface area contributed by atoms with E-state index in [1.54, 1.807) is 4.90 Å². The van der Waals surface area contributed by atoms with Gasteiger partial charge in [-0.15, -0.1) is 0 Å². The third-order valence-corrected chi connectivity index (χ3v) is 2.51. The maximum Gasteiger partial charge on any atom is 0.233 e. The molecule has 0 aliphatic rings. The monoisotopic (exact) mass is 257 g/mol. The Morgan fingerprint density at radius 3 is 2.53 bits per heavy atom. The maximum atomic E-state index is 11.8. The molecular formula is C10H19N5OS. The number of carbonyl (C=O) groups is 1. The van der Waals surface area contributed by atoms with Crippen molar-refractivity contribution in [3.8, 4) is 0 Å². The molecule has 17 heavy (non-hydrogen) atoms. The minimum absolute atomic E-state index is 0.0592. The molecule has 0 rings (SSSR count). The van der Waals surface area contributed by atoms with Gasteiger partial charge in [0.05, 0.1) is 5.75 Å².